The van der Waals surface area contributed by atoms with E-state index in [1.165, 1.54) is 12.8 Å². The first-order chi connectivity index (χ1) is 7.83. The topological polar surface area (TPSA) is 44.1 Å². The summed E-state index contributed by atoms with van der Waals surface area (Å²) in [5.74, 6) is 2.46. The van der Waals surface area contributed by atoms with Crippen molar-refractivity contribution >= 4 is 17.7 Å². The van der Waals surface area contributed by atoms with Gasteiger partial charge in [-0.3, -0.25) is 4.79 Å². The highest BCUT2D eigenvalue weighted by Crippen LogP contribution is 2.29. The number of carbonyl (C=O) groups is 1. The second kappa shape index (κ2) is 5.58. The van der Waals surface area contributed by atoms with Gasteiger partial charge in [0.25, 0.3) is 0 Å². The van der Waals surface area contributed by atoms with Crippen LogP contribution in [0.2, 0.25) is 0 Å². The van der Waals surface area contributed by atoms with Crippen LogP contribution >= 0.6 is 11.8 Å². The van der Waals surface area contributed by atoms with Crippen LogP contribution in [-0.4, -0.2) is 34.9 Å². The Balaban J connectivity index is 1.99. The van der Waals surface area contributed by atoms with E-state index in [2.05, 4.69) is 6.07 Å². The summed E-state index contributed by atoms with van der Waals surface area (Å²) in [6.45, 7) is 0.282. The summed E-state index contributed by atoms with van der Waals surface area (Å²) in [6, 6.07) is 2.49. The van der Waals surface area contributed by atoms with Gasteiger partial charge in [0.05, 0.1) is 6.07 Å². The highest BCUT2D eigenvalue weighted by atomic mass is 32.2. The molecule has 88 valence electrons. The van der Waals surface area contributed by atoms with Gasteiger partial charge in [0.2, 0.25) is 5.91 Å². The van der Waals surface area contributed by atoms with Crippen LogP contribution in [0.25, 0.3) is 0 Å². The highest BCUT2D eigenvalue weighted by molar-refractivity contribution is 7.99. The monoisotopic (exact) mass is 238 g/mol. The summed E-state index contributed by atoms with van der Waals surface area (Å²) in [5, 5.41) is 8.84. The van der Waals surface area contributed by atoms with Gasteiger partial charge in [0, 0.05) is 17.7 Å². The maximum absolute atomic E-state index is 12.3. The number of amides is 1. The lowest BCUT2D eigenvalue weighted by Crippen LogP contribution is -2.42. The quantitative estimate of drug-likeness (QED) is 0.707. The smallest absolute Gasteiger partial charge is 0.227 e. The van der Waals surface area contributed by atoms with Crippen LogP contribution in [0.5, 0.6) is 0 Å². The summed E-state index contributed by atoms with van der Waals surface area (Å²) in [7, 11) is 0. The number of hydrogen-bond donors (Lipinski definition) is 0. The molecular weight excluding hydrogens is 220 g/mol. The molecule has 0 N–H and O–H groups in total. The fraction of sp³-hybridized carbons (Fsp3) is 0.833. The van der Waals surface area contributed by atoms with E-state index in [0.29, 0.717) is 6.04 Å². The second-order valence-electron chi connectivity index (χ2n) is 4.62. The van der Waals surface area contributed by atoms with Gasteiger partial charge in [-0.2, -0.15) is 17.0 Å². The summed E-state index contributed by atoms with van der Waals surface area (Å²) in [6.07, 6.45) is 5.59. The molecule has 16 heavy (non-hydrogen) atoms. The zero-order valence-corrected chi connectivity index (χ0v) is 10.3. The molecule has 1 saturated heterocycles. The van der Waals surface area contributed by atoms with Crippen molar-refractivity contribution in [3.05, 3.63) is 0 Å². The van der Waals surface area contributed by atoms with Gasteiger partial charge >= 0.3 is 0 Å². The molecular formula is C12H18N2OS. The van der Waals surface area contributed by atoms with Gasteiger partial charge < -0.3 is 4.90 Å². The van der Waals surface area contributed by atoms with Gasteiger partial charge in [-0.15, -0.1) is 0 Å². The van der Waals surface area contributed by atoms with Crippen LogP contribution in [0.1, 0.15) is 32.1 Å². The molecule has 1 aliphatic heterocycles. The van der Waals surface area contributed by atoms with Gasteiger partial charge in [0.15, 0.2) is 0 Å². The first kappa shape index (κ1) is 11.8. The molecule has 4 heteroatoms. The lowest BCUT2D eigenvalue weighted by Gasteiger charge is -2.28. The van der Waals surface area contributed by atoms with Crippen LogP contribution in [0.15, 0.2) is 0 Å². The molecule has 1 amide bonds. The Bertz CT molecular complexity index is 288. The number of nitrogens with zero attached hydrogens (tertiary/aromatic N) is 2. The Morgan fingerprint density at radius 3 is 2.69 bits per heavy atom. The predicted octanol–water partition coefficient (Wildman–Crippen LogP) is 2.03. The lowest BCUT2D eigenvalue weighted by molar-refractivity contribution is -0.136. The third-order valence-corrected chi connectivity index (χ3v) is 4.73. The molecule has 0 aromatic heterocycles. The zero-order valence-electron chi connectivity index (χ0n) is 9.52. The van der Waals surface area contributed by atoms with Crippen molar-refractivity contribution in [2.24, 2.45) is 5.92 Å². The molecule has 1 heterocycles. The molecule has 2 fully saturated rings. The van der Waals surface area contributed by atoms with E-state index in [1.807, 2.05) is 16.7 Å². The van der Waals surface area contributed by atoms with Crippen molar-refractivity contribution in [1.82, 2.24) is 4.90 Å². The summed E-state index contributed by atoms with van der Waals surface area (Å²) in [5.41, 5.74) is 0. The van der Waals surface area contributed by atoms with Crippen molar-refractivity contribution in [1.29, 1.82) is 5.26 Å². The Labute approximate surface area is 101 Å². The minimum absolute atomic E-state index is 0.180. The number of hydrogen-bond acceptors (Lipinski definition) is 3. The molecule has 0 radical (unpaired) electrons. The molecule has 1 saturated carbocycles. The second-order valence-corrected chi connectivity index (χ2v) is 5.77. The summed E-state index contributed by atoms with van der Waals surface area (Å²) in [4.78, 5) is 14.1. The number of rotatable bonds is 3. The van der Waals surface area contributed by atoms with Crippen molar-refractivity contribution in [3.8, 4) is 6.07 Å². The third-order valence-electron chi connectivity index (χ3n) is 3.57. The molecule has 0 bridgehead atoms. The molecule has 1 unspecified atom stereocenters. The van der Waals surface area contributed by atoms with E-state index in [9.17, 15) is 4.79 Å². The molecule has 0 spiro atoms. The van der Waals surface area contributed by atoms with Crippen molar-refractivity contribution in [2.45, 2.75) is 38.1 Å². The molecule has 1 atom stereocenters. The van der Waals surface area contributed by atoms with E-state index in [4.69, 9.17) is 5.26 Å². The van der Waals surface area contributed by atoms with Crippen molar-refractivity contribution < 1.29 is 4.79 Å². The molecule has 0 aromatic carbocycles. The van der Waals surface area contributed by atoms with E-state index in [1.54, 1.807) is 0 Å². The number of carbonyl (C=O) groups excluding carboxylic acids is 1. The minimum Gasteiger partial charge on any atom is -0.326 e. The highest BCUT2D eigenvalue weighted by Gasteiger charge is 2.32. The lowest BCUT2D eigenvalue weighted by atomic mass is 10.1. The molecule has 0 aromatic rings. The normalized spacial score (nSPS) is 25.6. The number of nitriles is 1. The van der Waals surface area contributed by atoms with Gasteiger partial charge in [-0.1, -0.05) is 12.8 Å². The maximum Gasteiger partial charge on any atom is 0.227 e. The van der Waals surface area contributed by atoms with E-state index >= 15 is 0 Å². The molecule has 2 aliphatic rings. The van der Waals surface area contributed by atoms with Crippen LogP contribution in [0, 0.1) is 17.2 Å². The predicted molar refractivity (Wildman–Crippen MR) is 65.0 cm³/mol. The first-order valence-electron chi connectivity index (χ1n) is 6.08. The SMILES string of the molecule is N#CCN(C(=O)C1CCSC1)C1CCCC1. The van der Waals surface area contributed by atoms with Crippen molar-refractivity contribution in [2.75, 3.05) is 18.1 Å². The zero-order chi connectivity index (χ0) is 11.4. The Morgan fingerprint density at radius 2 is 2.12 bits per heavy atom. The average molecular weight is 238 g/mol. The van der Waals surface area contributed by atoms with E-state index < -0.39 is 0 Å². The summed E-state index contributed by atoms with van der Waals surface area (Å²) < 4.78 is 0. The number of thioether (sulfide) groups is 1. The van der Waals surface area contributed by atoms with Crippen LogP contribution in [-0.2, 0) is 4.79 Å². The third kappa shape index (κ3) is 2.52. The van der Waals surface area contributed by atoms with Crippen LogP contribution in [0.3, 0.4) is 0 Å². The molecule has 2 rings (SSSR count). The Kier molecular flexibility index (Phi) is 4.11. The van der Waals surface area contributed by atoms with Gasteiger partial charge in [0.1, 0.15) is 6.54 Å². The largest absolute Gasteiger partial charge is 0.326 e. The van der Waals surface area contributed by atoms with Crippen LogP contribution in [0.4, 0.5) is 0 Å². The molecule has 3 nitrogen and oxygen atoms in total. The maximum atomic E-state index is 12.3. The van der Waals surface area contributed by atoms with E-state index in [0.717, 1.165) is 30.8 Å². The van der Waals surface area contributed by atoms with Gasteiger partial charge in [-0.05, 0) is 25.0 Å². The fourth-order valence-electron chi connectivity index (χ4n) is 2.64. The first-order valence-corrected chi connectivity index (χ1v) is 7.23. The summed E-state index contributed by atoms with van der Waals surface area (Å²) >= 11 is 1.86. The molecule has 1 aliphatic carbocycles. The average Bonchev–Trinajstić information content (AvgIpc) is 2.96. The fourth-order valence-corrected chi connectivity index (χ4v) is 3.85. The van der Waals surface area contributed by atoms with Gasteiger partial charge in [-0.25, -0.2) is 0 Å². The van der Waals surface area contributed by atoms with Crippen LogP contribution < -0.4 is 0 Å². The Morgan fingerprint density at radius 1 is 1.38 bits per heavy atom. The van der Waals surface area contributed by atoms with Crippen molar-refractivity contribution in [3.63, 3.8) is 0 Å². The van der Waals surface area contributed by atoms with E-state index in [-0.39, 0.29) is 18.4 Å². The minimum atomic E-state index is 0.180. The standard InChI is InChI=1S/C12H18N2OS/c13-6-7-14(11-3-1-2-4-11)12(15)10-5-8-16-9-10/h10-11H,1-5,7-9H2. The Hall–Kier alpha value is -0.690.